The van der Waals surface area contributed by atoms with Gasteiger partial charge in [0.05, 0.1) is 5.69 Å². The average Bonchev–Trinajstić information content (AvgIpc) is 3.17. The number of anilines is 1. The Labute approximate surface area is 171 Å². The molecule has 0 bridgehead atoms. The summed E-state index contributed by atoms with van der Waals surface area (Å²) in [6, 6.07) is 12.9. The standard InChI is InChI=1S/C22H20F3N3O2/c23-22(24,25)14-30-18-10-6-16(7-11-18)21(29)26-17-8-4-15(5-9-17)19-13-28-12-2-1-3-20(28)27-19/h4-11,13H,1-3,12,14H2,(H,26,29). The van der Waals surface area contributed by atoms with Crippen LogP contribution in [-0.2, 0) is 13.0 Å². The fourth-order valence-corrected chi connectivity index (χ4v) is 3.35. The first-order valence-electron chi connectivity index (χ1n) is 9.65. The Morgan fingerprint density at radius 1 is 1.07 bits per heavy atom. The summed E-state index contributed by atoms with van der Waals surface area (Å²) in [5.41, 5.74) is 2.82. The topological polar surface area (TPSA) is 56.2 Å². The number of hydrogen-bond acceptors (Lipinski definition) is 3. The van der Waals surface area contributed by atoms with Crippen molar-refractivity contribution in [3.05, 3.63) is 66.1 Å². The molecule has 156 valence electrons. The summed E-state index contributed by atoms with van der Waals surface area (Å²) in [4.78, 5) is 17.1. The van der Waals surface area contributed by atoms with Gasteiger partial charge in [-0.15, -0.1) is 0 Å². The fourth-order valence-electron chi connectivity index (χ4n) is 3.35. The first-order valence-corrected chi connectivity index (χ1v) is 9.65. The molecule has 4 rings (SSSR count). The van der Waals surface area contributed by atoms with Crippen molar-refractivity contribution in [2.24, 2.45) is 0 Å². The Morgan fingerprint density at radius 2 is 1.80 bits per heavy atom. The number of carbonyl (C=O) groups is 1. The van der Waals surface area contributed by atoms with Gasteiger partial charge in [-0.1, -0.05) is 12.1 Å². The molecule has 5 nitrogen and oxygen atoms in total. The van der Waals surface area contributed by atoms with Gasteiger partial charge in [-0.3, -0.25) is 4.79 Å². The molecule has 2 aromatic carbocycles. The molecule has 0 radical (unpaired) electrons. The molecule has 1 amide bonds. The van der Waals surface area contributed by atoms with Gasteiger partial charge in [0.2, 0.25) is 0 Å². The van der Waals surface area contributed by atoms with Crippen molar-refractivity contribution in [2.45, 2.75) is 32.0 Å². The fraction of sp³-hybridized carbons (Fsp3) is 0.273. The molecule has 0 spiro atoms. The number of alkyl halides is 3. The Morgan fingerprint density at radius 3 is 2.47 bits per heavy atom. The van der Waals surface area contributed by atoms with Crippen LogP contribution in [0.1, 0.15) is 29.0 Å². The van der Waals surface area contributed by atoms with Gasteiger partial charge in [0, 0.05) is 36.0 Å². The molecular formula is C22H20F3N3O2. The average molecular weight is 415 g/mol. The molecule has 0 fully saturated rings. The lowest BCUT2D eigenvalue weighted by Crippen LogP contribution is -2.19. The van der Waals surface area contributed by atoms with Gasteiger partial charge in [-0.05, 0) is 49.2 Å². The number of rotatable bonds is 5. The Balaban J connectivity index is 1.38. The number of benzene rings is 2. The molecule has 3 aromatic rings. The van der Waals surface area contributed by atoms with Crippen molar-refractivity contribution < 1.29 is 22.7 Å². The van der Waals surface area contributed by atoms with Crippen LogP contribution in [0.5, 0.6) is 5.75 Å². The zero-order chi connectivity index (χ0) is 21.1. The third kappa shape index (κ3) is 4.82. The number of hydrogen-bond donors (Lipinski definition) is 1. The predicted octanol–water partition coefficient (Wildman–Crippen LogP) is 5.08. The predicted molar refractivity (Wildman–Crippen MR) is 107 cm³/mol. The van der Waals surface area contributed by atoms with Gasteiger partial charge >= 0.3 is 6.18 Å². The molecule has 1 aliphatic heterocycles. The van der Waals surface area contributed by atoms with E-state index in [0.29, 0.717) is 11.3 Å². The second kappa shape index (κ2) is 8.22. The maximum absolute atomic E-state index is 12.4. The van der Waals surface area contributed by atoms with E-state index in [1.54, 1.807) is 12.1 Å². The minimum absolute atomic E-state index is 0.0518. The van der Waals surface area contributed by atoms with Crippen molar-refractivity contribution in [1.29, 1.82) is 0 Å². The van der Waals surface area contributed by atoms with Gasteiger partial charge in [-0.25, -0.2) is 4.98 Å². The molecule has 0 unspecified atom stereocenters. The van der Waals surface area contributed by atoms with Crippen molar-refractivity contribution >= 4 is 11.6 Å². The third-order valence-corrected chi connectivity index (χ3v) is 4.87. The van der Waals surface area contributed by atoms with Crippen LogP contribution < -0.4 is 10.1 Å². The van der Waals surface area contributed by atoms with E-state index in [0.717, 1.165) is 36.5 Å². The van der Waals surface area contributed by atoms with E-state index >= 15 is 0 Å². The van der Waals surface area contributed by atoms with Gasteiger partial charge in [0.1, 0.15) is 11.6 Å². The summed E-state index contributed by atoms with van der Waals surface area (Å²) < 4.78 is 43.4. The molecule has 30 heavy (non-hydrogen) atoms. The summed E-state index contributed by atoms with van der Waals surface area (Å²) in [7, 11) is 0. The lowest BCUT2D eigenvalue weighted by atomic mass is 10.1. The first kappa shape index (κ1) is 20.0. The lowest BCUT2D eigenvalue weighted by Gasteiger charge is -2.11. The maximum Gasteiger partial charge on any atom is 0.422 e. The van der Waals surface area contributed by atoms with E-state index in [1.807, 2.05) is 12.1 Å². The van der Waals surface area contributed by atoms with Crippen LogP contribution in [0.15, 0.2) is 54.7 Å². The van der Waals surface area contributed by atoms with Crippen LogP contribution >= 0.6 is 0 Å². The molecule has 0 saturated carbocycles. The van der Waals surface area contributed by atoms with Crippen molar-refractivity contribution in [3.8, 4) is 17.0 Å². The molecule has 0 aliphatic carbocycles. The number of nitrogens with zero attached hydrogens (tertiary/aromatic N) is 2. The van der Waals surface area contributed by atoms with Gasteiger partial charge < -0.3 is 14.6 Å². The Bertz CT molecular complexity index is 1000. The highest BCUT2D eigenvalue weighted by atomic mass is 19.4. The zero-order valence-corrected chi connectivity index (χ0v) is 16.1. The van der Waals surface area contributed by atoms with E-state index in [2.05, 4.69) is 20.8 Å². The second-order valence-corrected chi connectivity index (χ2v) is 7.15. The highest BCUT2D eigenvalue weighted by Crippen LogP contribution is 2.24. The molecule has 0 saturated heterocycles. The van der Waals surface area contributed by atoms with Gasteiger partial charge in [0.15, 0.2) is 6.61 Å². The number of ether oxygens (including phenoxy) is 1. The SMILES string of the molecule is O=C(Nc1ccc(-c2cn3c(n2)CCCC3)cc1)c1ccc(OCC(F)(F)F)cc1. The van der Waals surface area contributed by atoms with Crippen LogP contribution in [0.2, 0.25) is 0 Å². The van der Waals surface area contributed by atoms with E-state index in [9.17, 15) is 18.0 Å². The maximum atomic E-state index is 12.4. The normalized spacial score (nSPS) is 13.6. The Hall–Kier alpha value is -3.29. The van der Waals surface area contributed by atoms with E-state index < -0.39 is 12.8 Å². The smallest absolute Gasteiger partial charge is 0.422 e. The van der Waals surface area contributed by atoms with E-state index in [1.165, 1.54) is 30.7 Å². The lowest BCUT2D eigenvalue weighted by molar-refractivity contribution is -0.153. The van der Waals surface area contributed by atoms with Crippen molar-refractivity contribution in [2.75, 3.05) is 11.9 Å². The monoisotopic (exact) mass is 415 g/mol. The molecule has 0 atom stereocenters. The highest BCUT2D eigenvalue weighted by molar-refractivity contribution is 6.04. The summed E-state index contributed by atoms with van der Waals surface area (Å²) in [5.74, 6) is 0.801. The third-order valence-electron chi connectivity index (χ3n) is 4.87. The number of nitrogens with one attached hydrogen (secondary N) is 1. The number of aryl methyl sites for hydroxylation is 2. The number of halogens is 3. The number of amides is 1. The van der Waals surface area contributed by atoms with Crippen LogP contribution in [0, 0.1) is 0 Å². The van der Waals surface area contributed by atoms with E-state index in [4.69, 9.17) is 4.98 Å². The summed E-state index contributed by atoms with van der Waals surface area (Å²) in [6.45, 7) is -0.374. The summed E-state index contributed by atoms with van der Waals surface area (Å²) in [6.07, 6.45) is 0.983. The highest BCUT2D eigenvalue weighted by Gasteiger charge is 2.28. The largest absolute Gasteiger partial charge is 0.484 e. The number of aromatic nitrogens is 2. The second-order valence-electron chi connectivity index (χ2n) is 7.15. The van der Waals surface area contributed by atoms with Crippen LogP contribution in [0.3, 0.4) is 0 Å². The number of carbonyl (C=O) groups excluding carboxylic acids is 1. The van der Waals surface area contributed by atoms with Crippen molar-refractivity contribution in [3.63, 3.8) is 0 Å². The van der Waals surface area contributed by atoms with Crippen LogP contribution in [0.25, 0.3) is 11.3 Å². The first-order chi connectivity index (χ1) is 14.4. The molecular weight excluding hydrogens is 395 g/mol. The molecule has 1 N–H and O–H groups in total. The van der Waals surface area contributed by atoms with Crippen LogP contribution in [0.4, 0.5) is 18.9 Å². The summed E-state index contributed by atoms with van der Waals surface area (Å²) >= 11 is 0. The molecule has 1 aliphatic rings. The Kier molecular flexibility index (Phi) is 5.48. The molecule has 1 aromatic heterocycles. The minimum Gasteiger partial charge on any atom is -0.484 e. The minimum atomic E-state index is -4.40. The summed E-state index contributed by atoms with van der Waals surface area (Å²) in [5, 5.41) is 2.78. The van der Waals surface area contributed by atoms with E-state index in [-0.39, 0.29) is 11.7 Å². The number of fused-ring (bicyclic) bond motifs is 1. The molecule has 8 heteroatoms. The van der Waals surface area contributed by atoms with Crippen molar-refractivity contribution in [1.82, 2.24) is 9.55 Å². The molecule has 2 heterocycles. The quantitative estimate of drug-likeness (QED) is 0.632. The van der Waals surface area contributed by atoms with Gasteiger partial charge in [0.25, 0.3) is 5.91 Å². The number of imidazole rings is 1. The van der Waals surface area contributed by atoms with Gasteiger partial charge in [-0.2, -0.15) is 13.2 Å². The van der Waals surface area contributed by atoms with Crippen LogP contribution in [-0.4, -0.2) is 28.2 Å². The zero-order valence-electron chi connectivity index (χ0n) is 16.1.